The molecule has 1 heterocycles. The molecule has 1 aliphatic carbocycles. The molecular formula is C7H11N3O4. The van der Waals surface area contributed by atoms with E-state index in [9.17, 15) is 15.3 Å². The van der Waals surface area contributed by atoms with Crippen molar-refractivity contribution in [3.63, 3.8) is 0 Å². The van der Waals surface area contributed by atoms with Crippen LogP contribution in [0.4, 0.5) is 0 Å². The molecule has 1 saturated carbocycles. The Morgan fingerprint density at radius 2 is 1.86 bits per heavy atom. The number of aliphatic hydroxyl groups excluding tert-OH is 3. The van der Waals surface area contributed by atoms with Gasteiger partial charge in [-0.15, -0.1) is 0 Å². The Morgan fingerprint density at radius 3 is 2.50 bits per heavy atom. The lowest BCUT2D eigenvalue weighted by Gasteiger charge is -2.31. The van der Waals surface area contributed by atoms with Gasteiger partial charge in [0.1, 0.15) is 18.3 Å². The molecule has 0 bridgehead atoms. The number of hydrogen-bond donors (Lipinski definition) is 3. The maximum Gasteiger partial charge on any atom is 0.113 e. The average molecular weight is 201 g/mol. The molecular weight excluding hydrogens is 190 g/mol. The highest BCUT2D eigenvalue weighted by atomic mass is 16.6. The van der Waals surface area contributed by atoms with Crippen LogP contribution in [0.1, 0.15) is 0 Å². The third-order valence-electron chi connectivity index (χ3n) is 2.81. The number of nitrogens with zero attached hydrogens (tertiary/aromatic N) is 3. The molecule has 7 nitrogen and oxygen atoms in total. The standard InChI is InChI=1S/C7H11N3O4/c8-10-9-1-2-3(11)4(12)5(13)7-6(2)14-7/h2-7,11-13H,1H2/t2-,3-,4+,5-,6+,7-/m1/s1. The molecule has 0 aromatic heterocycles. The highest BCUT2D eigenvalue weighted by molar-refractivity contribution is 5.08. The SMILES string of the molecule is [N-]=[N+]=NC[C@@H]1[C@@H](O)[C@H](O)[C@@H](O)[C@H]2O[C@@H]12. The van der Waals surface area contributed by atoms with Gasteiger partial charge in [0.25, 0.3) is 0 Å². The van der Waals surface area contributed by atoms with Gasteiger partial charge in [-0.1, -0.05) is 5.11 Å². The van der Waals surface area contributed by atoms with E-state index in [-0.39, 0.29) is 12.6 Å². The van der Waals surface area contributed by atoms with Crippen molar-refractivity contribution < 1.29 is 20.1 Å². The van der Waals surface area contributed by atoms with E-state index in [4.69, 9.17) is 10.3 Å². The van der Waals surface area contributed by atoms with Crippen molar-refractivity contribution in [1.82, 2.24) is 0 Å². The van der Waals surface area contributed by atoms with Crippen LogP contribution in [0.15, 0.2) is 5.11 Å². The summed E-state index contributed by atoms with van der Waals surface area (Å²) in [6.07, 6.45) is -4.09. The molecule has 0 spiro atoms. The van der Waals surface area contributed by atoms with Gasteiger partial charge in [0.05, 0.1) is 12.2 Å². The van der Waals surface area contributed by atoms with Crippen LogP contribution in [-0.2, 0) is 4.74 Å². The summed E-state index contributed by atoms with van der Waals surface area (Å²) in [7, 11) is 0. The fourth-order valence-electron chi connectivity index (χ4n) is 1.94. The molecule has 0 amide bonds. The molecule has 7 heteroatoms. The molecule has 0 aromatic carbocycles. The van der Waals surface area contributed by atoms with Gasteiger partial charge in [0, 0.05) is 17.4 Å². The highest BCUT2D eigenvalue weighted by Gasteiger charge is 2.59. The minimum absolute atomic E-state index is 0.0720. The van der Waals surface area contributed by atoms with E-state index >= 15 is 0 Å². The van der Waals surface area contributed by atoms with E-state index in [1.807, 2.05) is 0 Å². The second kappa shape index (κ2) is 3.38. The summed E-state index contributed by atoms with van der Waals surface area (Å²) in [4.78, 5) is 2.58. The Labute approximate surface area is 79.5 Å². The maximum absolute atomic E-state index is 9.56. The molecule has 3 N–H and O–H groups in total. The lowest BCUT2D eigenvalue weighted by atomic mass is 9.83. The van der Waals surface area contributed by atoms with Gasteiger partial charge in [-0.3, -0.25) is 0 Å². The van der Waals surface area contributed by atoms with Gasteiger partial charge >= 0.3 is 0 Å². The largest absolute Gasteiger partial charge is 0.390 e. The number of aliphatic hydroxyl groups is 3. The number of ether oxygens (including phenoxy) is 1. The molecule has 2 rings (SSSR count). The Bertz CT molecular complexity index is 280. The number of fused-ring (bicyclic) bond motifs is 1. The van der Waals surface area contributed by atoms with Crippen LogP contribution >= 0.6 is 0 Å². The zero-order valence-corrected chi connectivity index (χ0v) is 7.26. The summed E-state index contributed by atoms with van der Waals surface area (Å²) in [6.45, 7) is 0.0720. The van der Waals surface area contributed by atoms with Crippen LogP contribution in [0.3, 0.4) is 0 Å². The summed E-state index contributed by atoms with van der Waals surface area (Å²) in [6, 6.07) is 0. The third kappa shape index (κ3) is 1.35. The molecule has 0 radical (unpaired) electrons. The predicted molar refractivity (Wildman–Crippen MR) is 44.2 cm³/mol. The predicted octanol–water partition coefficient (Wildman–Crippen LogP) is -1.22. The van der Waals surface area contributed by atoms with E-state index in [1.165, 1.54) is 0 Å². The summed E-state index contributed by atoms with van der Waals surface area (Å²) < 4.78 is 5.09. The fraction of sp³-hybridized carbons (Fsp3) is 1.00. The minimum atomic E-state index is -1.22. The Morgan fingerprint density at radius 1 is 1.14 bits per heavy atom. The monoisotopic (exact) mass is 201 g/mol. The average Bonchev–Trinajstić information content (AvgIpc) is 2.94. The normalized spacial score (nSPS) is 50.5. The molecule has 0 aromatic rings. The van der Waals surface area contributed by atoms with Crippen LogP contribution in [0.5, 0.6) is 0 Å². The van der Waals surface area contributed by atoms with Crippen molar-refractivity contribution in [2.45, 2.75) is 30.5 Å². The number of hydrogen-bond acceptors (Lipinski definition) is 5. The van der Waals surface area contributed by atoms with Crippen LogP contribution in [-0.4, -0.2) is 52.4 Å². The van der Waals surface area contributed by atoms with Gasteiger partial charge in [-0.05, 0) is 5.53 Å². The maximum atomic E-state index is 9.56. The van der Waals surface area contributed by atoms with Crippen molar-refractivity contribution >= 4 is 0 Å². The summed E-state index contributed by atoms with van der Waals surface area (Å²) in [5, 5.41) is 31.6. The van der Waals surface area contributed by atoms with Gasteiger partial charge in [-0.25, -0.2) is 0 Å². The first-order chi connectivity index (χ1) is 6.66. The van der Waals surface area contributed by atoms with Crippen molar-refractivity contribution in [1.29, 1.82) is 0 Å². The van der Waals surface area contributed by atoms with Crippen molar-refractivity contribution in [2.24, 2.45) is 11.0 Å². The van der Waals surface area contributed by atoms with Crippen LogP contribution < -0.4 is 0 Å². The molecule has 6 atom stereocenters. The van der Waals surface area contributed by atoms with Gasteiger partial charge in [0.15, 0.2) is 0 Å². The van der Waals surface area contributed by atoms with E-state index in [1.54, 1.807) is 0 Å². The lowest BCUT2D eigenvalue weighted by molar-refractivity contribution is -0.0956. The molecule has 78 valence electrons. The molecule has 14 heavy (non-hydrogen) atoms. The summed E-state index contributed by atoms with van der Waals surface area (Å²) >= 11 is 0. The fourth-order valence-corrected chi connectivity index (χ4v) is 1.94. The third-order valence-corrected chi connectivity index (χ3v) is 2.81. The Hall–Kier alpha value is -0.850. The lowest BCUT2D eigenvalue weighted by Crippen LogP contribution is -2.51. The molecule has 1 saturated heterocycles. The zero-order valence-electron chi connectivity index (χ0n) is 7.26. The molecule has 2 aliphatic rings. The zero-order chi connectivity index (χ0) is 10.3. The van der Waals surface area contributed by atoms with Gasteiger partial charge in [0.2, 0.25) is 0 Å². The second-order valence-corrected chi connectivity index (χ2v) is 3.61. The number of rotatable bonds is 2. The molecule has 2 fully saturated rings. The van der Waals surface area contributed by atoms with Crippen molar-refractivity contribution in [2.75, 3.05) is 6.54 Å². The van der Waals surface area contributed by atoms with E-state index in [0.29, 0.717) is 0 Å². The molecule has 1 aliphatic heterocycles. The number of azide groups is 1. The Kier molecular flexibility index (Phi) is 2.34. The topological polar surface area (TPSA) is 122 Å². The van der Waals surface area contributed by atoms with Crippen LogP contribution in [0.25, 0.3) is 10.4 Å². The van der Waals surface area contributed by atoms with Crippen LogP contribution in [0.2, 0.25) is 0 Å². The molecule has 0 unspecified atom stereocenters. The van der Waals surface area contributed by atoms with E-state index in [0.717, 1.165) is 0 Å². The Balaban J connectivity index is 2.07. The highest BCUT2D eigenvalue weighted by Crippen LogP contribution is 2.41. The van der Waals surface area contributed by atoms with Crippen LogP contribution in [0, 0.1) is 5.92 Å². The minimum Gasteiger partial charge on any atom is -0.390 e. The van der Waals surface area contributed by atoms with E-state index in [2.05, 4.69) is 10.0 Å². The van der Waals surface area contributed by atoms with E-state index < -0.39 is 30.3 Å². The van der Waals surface area contributed by atoms with Gasteiger partial charge in [-0.2, -0.15) is 0 Å². The first-order valence-corrected chi connectivity index (χ1v) is 4.37. The second-order valence-electron chi connectivity index (χ2n) is 3.61. The first-order valence-electron chi connectivity index (χ1n) is 4.37. The number of epoxide rings is 1. The van der Waals surface area contributed by atoms with Crippen molar-refractivity contribution in [3.8, 4) is 0 Å². The summed E-state index contributed by atoms with van der Waals surface area (Å²) in [5.41, 5.74) is 8.12. The van der Waals surface area contributed by atoms with Gasteiger partial charge < -0.3 is 20.1 Å². The smallest absolute Gasteiger partial charge is 0.113 e. The van der Waals surface area contributed by atoms with Crippen molar-refractivity contribution in [3.05, 3.63) is 10.4 Å². The quantitative estimate of drug-likeness (QED) is 0.224. The first kappa shape index (κ1) is 9.70. The summed E-state index contributed by atoms with van der Waals surface area (Å²) in [5.74, 6) is -0.422.